The van der Waals surface area contributed by atoms with Crippen LogP contribution in [0.3, 0.4) is 0 Å². The molecule has 0 heterocycles. The first-order chi connectivity index (χ1) is 6.65. The molecule has 0 atom stereocenters. The number of nitro groups is 1. The molecule has 0 radical (unpaired) electrons. The van der Waals surface area contributed by atoms with E-state index >= 15 is 0 Å². The molecule has 5 heteroatoms. The summed E-state index contributed by atoms with van der Waals surface area (Å²) in [5.74, 6) is 0. The van der Waals surface area contributed by atoms with Crippen LogP contribution in [-0.4, -0.2) is 11.5 Å². The molecule has 4 nitrogen and oxygen atoms in total. The van der Waals surface area contributed by atoms with E-state index in [9.17, 15) is 10.1 Å². The Bertz CT molecular complexity index is 377. The van der Waals surface area contributed by atoms with Crippen LogP contribution in [0.2, 0.25) is 0 Å². The van der Waals surface area contributed by atoms with E-state index in [-0.39, 0.29) is 5.69 Å². The van der Waals surface area contributed by atoms with Gasteiger partial charge in [-0.25, -0.2) is 0 Å². The SMILES string of the molecule is NCC=Cc1ccc(Br)cc1[N+](=O)[O-]. The third kappa shape index (κ3) is 2.65. The molecule has 0 saturated heterocycles. The minimum atomic E-state index is -0.416. The van der Waals surface area contributed by atoms with E-state index in [1.54, 1.807) is 24.3 Å². The van der Waals surface area contributed by atoms with Crippen LogP contribution in [0, 0.1) is 10.1 Å². The number of rotatable bonds is 3. The molecule has 0 unspecified atom stereocenters. The fourth-order valence-electron chi connectivity index (χ4n) is 1.01. The Morgan fingerprint density at radius 2 is 2.29 bits per heavy atom. The lowest BCUT2D eigenvalue weighted by atomic mass is 10.1. The van der Waals surface area contributed by atoms with E-state index in [1.165, 1.54) is 6.07 Å². The highest BCUT2D eigenvalue weighted by Crippen LogP contribution is 2.24. The van der Waals surface area contributed by atoms with Gasteiger partial charge in [-0.15, -0.1) is 0 Å². The zero-order chi connectivity index (χ0) is 10.6. The lowest BCUT2D eigenvalue weighted by Gasteiger charge is -1.97. The number of hydrogen-bond acceptors (Lipinski definition) is 3. The molecular weight excluding hydrogens is 248 g/mol. The molecule has 0 spiro atoms. The van der Waals surface area contributed by atoms with Crippen LogP contribution in [0.1, 0.15) is 5.56 Å². The van der Waals surface area contributed by atoms with E-state index in [0.29, 0.717) is 16.6 Å². The topological polar surface area (TPSA) is 69.2 Å². The van der Waals surface area contributed by atoms with Gasteiger partial charge < -0.3 is 5.73 Å². The molecule has 0 saturated carbocycles. The highest BCUT2D eigenvalue weighted by molar-refractivity contribution is 9.10. The van der Waals surface area contributed by atoms with Gasteiger partial charge in [-0.3, -0.25) is 10.1 Å². The molecule has 1 rings (SSSR count). The predicted octanol–water partition coefficient (Wildman–Crippen LogP) is 2.33. The van der Waals surface area contributed by atoms with Gasteiger partial charge in [-0.2, -0.15) is 0 Å². The largest absolute Gasteiger partial charge is 0.327 e. The van der Waals surface area contributed by atoms with Crippen LogP contribution in [-0.2, 0) is 0 Å². The van der Waals surface area contributed by atoms with Crippen molar-refractivity contribution in [2.24, 2.45) is 5.73 Å². The van der Waals surface area contributed by atoms with Gasteiger partial charge in [-0.05, 0) is 12.1 Å². The minimum absolute atomic E-state index is 0.0732. The van der Waals surface area contributed by atoms with Gasteiger partial charge in [0.1, 0.15) is 0 Å². The second kappa shape index (κ2) is 4.88. The van der Waals surface area contributed by atoms with E-state index < -0.39 is 4.92 Å². The number of nitro benzene ring substituents is 1. The minimum Gasteiger partial charge on any atom is -0.327 e. The molecule has 1 aromatic rings. The Morgan fingerprint density at radius 3 is 2.86 bits per heavy atom. The summed E-state index contributed by atoms with van der Waals surface area (Å²) in [5.41, 5.74) is 5.90. The number of hydrogen-bond donors (Lipinski definition) is 1. The number of nitrogens with two attached hydrogens (primary N) is 1. The van der Waals surface area contributed by atoms with Crippen molar-refractivity contribution in [1.29, 1.82) is 0 Å². The van der Waals surface area contributed by atoms with Gasteiger partial charge in [0.2, 0.25) is 0 Å². The standard InChI is InChI=1S/C9H9BrN2O2/c10-8-4-3-7(2-1-5-11)9(6-8)12(13)14/h1-4,6H,5,11H2. The second-order valence-electron chi connectivity index (χ2n) is 2.60. The Balaban J connectivity index is 3.15. The average Bonchev–Trinajstić information content (AvgIpc) is 2.15. The van der Waals surface area contributed by atoms with Gasteiger partial charge in [0.15, 0.2) is 0 Å². The molecule has 2 N–H and O–H groups in total. The van der Waals surface area contributed by atoms with Crippen molar-refractivity contribution in [2.75, 3.05) is 6.54 Å². The average molecular weight is 257 g/mol. The Morgan fingerprint density at radius 1 is 1.57 bits per heavy atom. The zero-order valence-corrected chi connectivity index (χ0v) is 8.90. The van der Waals surface area contributed by atoms with Crippen LogP contribution in [0.5, 0.6) is 0 Å². The van der Waals surface area contributed by atoms with Crippen molar-refractivity contribution in [2.45, 2.75) is 0 Å². The molecule has 0 fully saturated rings. The summed E-state index contributed by atoms with van der Waals surface area (Å²) in [6, 6.07) is 4.90. The van der Waals surface area contributed by atoms with E-state index in [2.05, 4.69) is 15.9 Å². The van der Waals surface area contributed by atoms with Crippen LogP contribution in [0.25, 0.3) is 6.08 Å². The summed E-state index contributed by atoms with van der Waals surface area (Å²) < 4.78 is 0.689. The highest BCUT2D eigenvalue weighted by Gasteiger charge is 2.10. The van der Waals surface area contributed by atoms with Crippen LogP contribution >= 0.6 is 15.9 Å². The lowest BCUT2D eigenvalue weighted by molar-refractivity contribution is -0.385. The van der Waals surface area contributed by atoms with Crippen LogP contribution in [0.4, 0.5) is 5.69 Å². The molecule has 0 bridgehead atoms. The molecule has 0 aliphatic rings. The third-order valence-corrected chi connectivity index (χ3v) is 2.12. The fraction of sp³-hybridized carbons (Fsp3) is 0.111. The summed E-state index contributed by atoms with van der Waals surface area (Å²) in [5, 5.41) is 10.7. The number of halogens is 1. The van der Waals surface area contributed by atoms with Gasteiger partial charge in [0, 0.05) is 17.1 Å². The number of benzene rings is 1. The maximum atomic E-state index is 10.7. The van der Waals surface area contributed by atoms with Gasteiger partial charge in [0.25, 0.3) is 5.69 Å². The molecule has 0 aromatic heterocycles. The normalized spacial score (nSPS) is 10.7. The molecular formula is C9H9BrN2O2. The van der Waals surface area contributed by atoms with E-state index in [1.807, 2.05) is 0 Å². The third-order valence-electron chi connectivity index (χ3n) is 1.62. The predicted molar refractivity (Wildman–Crippen MR) is 58.9 cm³/mol. The van der Waals surface area contributed by atoms with Crippen LogP contribution in [0.15, 0.2) is 28.7 Å². The first kappa shape index (κ1) is 10.9. The first-order valence-electron chi connectivity index (χ1n) is 3.95. The van der Waals surface area contributed by atoms with Crippen molar-refractivity contribution < 1.29 is 4.92 Å². The van der Waals surface area contributed by atoms with Crippen LogP contribution < -0.4 is 5.73 Å². The van der Waals surface area contributed by atoms with Crippen molar-refractivity contribution in [3.05, 3.63) is 44.4 Å². The van der Waals surface area contributed by atoms with Gasteiger partial charge in [0.05, 0.1) is 10.5 Å². The number of nitrogens with zero attached hydrogens (tertiary/aromatic N) is 1. The second-order valence-corrected chi connectivity index (χ2v) is 3.51. The lowest BCUT2D eigenvalue weighted by Crippen LogP contribution is -1.94. The van der Waals surface area contributed by atoms with Gasteiger partial charge in [-0.1, -0.05) is 28.1 Å². The highest BCUT2D eigenvalue weighted by atomic mass is 79.9. The summed E-state index contributed by atoms with van der Waals surface area (Å²) in [7, 11) is 0. The zero-order valence-electron chi connectivity index (χ0n) is 7.31. The summed E-state index contributed by atoms with van der Waals surface area (Å²) in [6.07, 6.45) is 3.32. The van der Waals surface area contributed by atoms with Crippen molar-refractivity contribution in [3.8, 4) is 0 Å². The molecule has 0 amide bonds. The smallest absolute Gasteiger partial charge is 0.277 e. The molecule has 0 aliphatic carbocycles. The molecule has 14 heavy (non-hydrogen) atoms. The Hall–Kier alpha value is -1.20. The summed E-state index contributed by atoms with van der Waals surface area (Å²) >= 11 is 3.18. The van der Waals surface area contributed by atoms with Crippen molar-refractivity contribution >= 4 is 27.7 Å². The Kier molecular flexibility index (Phi) is 3.79. The van der Waals surface area contributed by atoms with Crippen molar-refractivity contribution in [3.63, 3.8) is 0 Å². The molecule has 0 aliphatic heterocycles. The Labute approximate surface area is 89.7 Å². The summed E-state index contributed by atoms with van der Waals surface area (Å²) in [6.45, 7) is 0.368. The monoisotopic (exact) mass is 256 g/mol. The van der Waals surface area contributed by atoms with E-state index in [0.717, 1.165) is 0 Å². The maximum Gasteiger partial charge on any atom is 0.277 e. The summed E-state index contributed by atoms with van der Waals surface area (Å²) in [4.78, 5) is 10.2. The first-order valence-corrected chi connectivity index (χ1v) is 4.75. The van der Waals surface area contributed by atoms with Gasteiger partial charge >= 0.3 is 0 Å². The molecule has 74 valence electrons. The van der Waals surface area contributed by atoms with E-state index in [4.69, 9.17) is 5.73 Å². The maximum absolute atomic E-state index is 10.7. The fourth-order valence-corrected chi connectivity index (χ4v) is 1.36. The molecule has 1 aromatic carbocycles. The van der Waals surface area contributed by atoms with Crippen molar-refractivity contribution in [1.82, 2.24) is 0 Å². The quantitative estimate of drug-likeness (QED) is 0.667.